The van der Waals surface area contributed by atoms with Crippen LogP contribution in [0.25, 0.3) is 0 Å². The molecule has 0 aliphatic heterocycles. The highest BCUT2D eigenvalue weighted by Crippen LogP contribution is 2.10. The van der Waals surface area contributed by atoms with Crippen LogP contribution in [0.3, 0.4) is 0 Å². The number of rotatable bonds is 9. The van der Waals surface area contributed by atoms with Crippen molar-refractivity contribution in [2.24, 2.45) is 5.92 Å². The van der Waals surface area contributed by atoms with Crippen LogP contribution >= 0.6 is 0 Å². The van der Waals surface area contributed by atoms with Crippen LogP contribution in [0.5, 0.6) is 0 Å². The van der Waals surface area contributed by atoms with Gasteiger partial charge in [0.1, 0.15) is 0 Å². The van der Waals surface area contributed by atoms with E-state index in [1.54, 1.807) is 0 Å². The molecule has 0 saturated heterocycles. The summed E-state index contributed by atoms with van der Waals surface area (Å²) in [5.41, 5.74) is 2.79. The van der Waals surface area contributed by atoms with E-state index in [0.717, 1.165) is 26.2 Å². The minimum absolute atomic E-state index is 0.616. The second kappa shape index (κ2) is 9.15. The number of hydrogen-bond acceptors (Lipinski definition) is 2. The maximum atomic E-state index is 3.66. The average molecular weight is 276 g/mol. The number of nitrogens with zero attached hydrogens (tertiary/aromatic N) is 1. The maximum Gasteiger partial charge on any atom is 0.0233 e. The summed E-state index contributed by atoms with van der Waals surface area (Å²) >= 11 is 0. The van der Waals surface area contributed by atoms with E-state index in [2.05, 4.69) is 69.1 Å². The SMILES string of the molecule is CCC(NCc1ccc(CN(CC)CC)cc1)C(C)C. The van der Waals surface area contributed by atoms with Crippen molar-refractivity contribution in [2.75, 3.05) is 13.1 Å². The van der Waals surface area contributed by atoms with Gasteiger partial charge in [0.05, 0.1) is 0 Å². The van der Waals surface area contributed by atoms with Gasteiger partial charge < -0.3 is 5.32 Å². The molecule has 0 radical (unpaired) electrons. The molecule has 1 atom stereocenters. The van der Waals surface area contributed by atoms with Gasteiger partial charge >= 0.3 is 0 Å². The molecule has 1 aromatic rings. The van der Waals surface area contributed by atoms with Crippen molar-refractivity contribution in [1.82, 2.24) is 10.2 Å². The topological polar surface area (TPSA) is 15.3 Å². The molecule has 0 aliphatic carbocycles. The summed E-state index contributed by atoms with van der Waals surface area (Å²) in [6.45, 7) is 15.5. The second-order valence-electron chi connectivity index (χ2n) is 5.92. The van der Waals surface area contributed by atoms with E-state index >= 15 is 0 Å². The summed E-state index contributed by atoms with van der Waals surface area (Å²) in [6, 6.07) is 9.68. The van der Waals surface area contributed by atoms with Crippen LogP contribution in [-0.2, 0) is 13.1 Å². The predicted octanol–water partition coefficient (Wildman–Crippen LogP) is 4.05. The zero-order valence-electron chi connectivity index (χ0n) is 13.9. The summed E-state index contributed by atoms with van der Waals surface area (Å²) < 4.78 is 0. The third kappa shape index (κ3) is 5.64. The van der Waals surface area contributed by atoms with Gasteiger partial charge in [-0.05, 0) is 36.6 Å². The van der Waals surface area contributed by atoms with Crippen molar-refractivity contribution in [1.29, 1.82) is 0 Å². The van der Waals surface area contributed by atoms with Crippen LogP contribution in [0.15, 0.2) is 24.3 Å². The minimum Gasteiger partial charge on any atom is -0.310 e. The van der Waals surface area contributed by atoms with Crippen molar-refractivity contribution in [3.63, 3.8) is 0 Å². The van der Waals surface area contributed by atoms with Crippen LogP contribution in [0, 0.1) is 5.92 Å². The van der Waals surface area contributed by atoms with Crippen LogP contribution in [0.4, 0.5) is 0 Å². The standard InChI is InChI=1S/C18H32N2/c1-6-18(15(4)5)19-13-16-9-11-17(12-10-16)14-20(7-2)8-3/h9-12,15,18-19H,6-8,13-14H2,1-5H3. The van der Waals surface area contributed by atoms with E-state index in [0.29, 0.717) is 12.0 Å². The van der Waals surface area contributed by atoms with Gasteiger partial charge in [-0.25, -0.2) is 0 Å². The molecule has 0 amide bonds. The highest BCUT2D eigenvalue weighted by molar-refractivity contribution is 5.22. The van der Waals surface area contributed by atoms with Gasteiger partial charge in [0.25, 0.3) is 0 Å². The Kier molecular flexibility index (Phi) is 7.86. The Labute approximate surface area is 125 Å². The first kappa shape index (κ1) is 17.2. The third-order valence-corrected chi connectivity index (χ3v) is 4.14. The number of benzene rings is 1. The Morgan fingerprint density at radius 1 is 0.950 bits per heavy atom. The Bertz CT molecular complexity index is 352. The van der Waals surface area contributed by atoms with Crippen molar-refractivity contribution in [3.8, 4) is 0 Å². The first-order valence-corrected chi connectivity index (χ1v) is 8.14. The fraction of sp³-hybridized carbons (Fsp3) is 0.667. The van der Waals surface area contributed by atoms with Crippen LogP contribution < -0.4 is 5.32 Å². The molecule has 20 heavy (non-hydrogen) atoms. The van der Waals surface area contributed by atoms with E-state index in [4.69, 9.17) is 0 Å². The van der Waals surface area contributed by atoms with Crippen molar-refractivity contribution < 1.29 is 0 Å². The van der Waals surface area contributed by atoms with Gasteiger partial charge in [-0.15, -0.1) is 0 Å². The maximum absolute atomic E-state index is 3.66. The quantitative estimate of drug-likeness (QED) is 0.732. The predicted molar refractivity (Wildman–Crippen MR) is 88.8 cm³/mol. The zero-order valence-corrected chi connectivity index (χ0v) is 13.9. The third-order valence-electron chi connectivity index (χ3n) is 4.14. The van der Waals surface area contributed by atoms with E-state index in [1.165, 1.54) is 17.5 Å². The van der Waals surface area contributed by atoms with E-state index < -0.39 is 0 Å². The smallest absolute Gasteiger partial charge is 0.0233 e. The lowest BCUT2D eigenvalue weighted by Crippen LogP contribution is -2.32. The van der Waals surface area contributed by atoms with Crippen molar-refractivity contribution >= 4 is 0 Å². The molecule has 0 bridgehead atoms. The minimum atomic E-state index is 0.616. The van der Waals surface area contributed by atoms with Gasteiger partial charge in [-0.1, -0.05) is 58.9 Å². The Morgan fingerprint density at radius 3 is 1.95 bits per heavy atom. The molecule has 0 fully saturated rings. The highest BCUT2D eigenvalue weighted by Gasteiger charge is 2.09. The molecule has 1 N–H and O–H groups in total. The molecule has 1 aromatic carbocycles. The first-order valence-electron chi connectivity index (χ1n) is 8.14. The molecule has 0 spiro atoms. The first-order chi connectivity index (χ1) is 9.60. The van der Waals surface area contributed by atoms with Crippen LogP contribution in [0.2, 0.25) is 0 Å². The van der Waals surface area contributed by atoms with Gasteiger partial charge in [-0.2, -0.15) is 0 Å². The lowest BCUT2D eigenvalue weighted by Gasteiger charge is -2.21. The van der Waals surface area contributed by atoms with Crippen LogP contribution in [0.1, 0.15) is 52.2 Å². The number of hydrogen-bond donors (Lipinski definition) is 1. The summed E-state index contributed by atoms with van der Waals surface area (Å²) in [7, 11) is 0. The Balaban J connectivity index is 2.50. The molecule has 0 aromatic heterocycles. The molecule has 1 rings (SSSR count). The van der Waals surface area contributed by atoms with Gasteiger partial charge in [-0.3, -0.25) is 4.90 Å². The summed E-state index contributed by atoms with van der Waals surface area (Å²) in [4.78, 5) is 2.44. The summed E-state index contributed by atoms with van der Waals surface area (Å²) in [6.07, 6.45) is 1.19. The Hall–Kier alpha value is -0.860. The van der Waals surface area contributed by atoms with Gasteiger partial charge in [0.2, 0.25) is 0 Å². The molecule has 0 aliphatic rings. The normalized spacial score (nSPS) is 13.2. The largest absolute Gasteiger partial charge is 0.310 e. The molecule has 2 nitrogen and oxygen atoms in total. The molecular formula is C18H32N2. The lowest BCUT2D eigenvalue weighted by atomic mass is 10.0. The lowest BCUT2D eigenvalue weighted by molar-refractivity contribution is 0.296. The molecule has 1 unspecified atom stereocenters. The fourth-order valence-corrected chi connectivity index (χ4v) is 2.57. The number of nitrogens with one attached hydrogen (secondary N) is 1. The Morgan fingerprint density at radius 2 is 1.50 bits per heavy atom. The van der Waals surface area contributed by atoms with E-state index in [9.17, 15) is 0 Å². The van der Waals surface area contributed by atoms with Crippen molar-refractivity contribution in [3.05, 3.63) is 35.4 Å². The fourth-order valence-electron chi connectivity index (χ4n) is 2.57. The van der Waals surface area contributed by atoms with Gasteiger partial charge in [0.15, 0.2) is 0 Å². The molecule has 0 heterocycles. The monoisotopic (exact) mass is 276 g/mol. The summed E-state index contributed by atoms with van der Waals surface area (Å²) in [5.74, 6) is 0.696. The van der Waals surface area contributed by atoms with Gasteiger partial charge in [0, 0.05) is 19.1 Å². The zero-order chi connectivity index (χ0) is 15.0. The van der Waals surface area contributed by atoms with E-state index in [-0.39, 0.29) is 0 Å². The second-order valence-corrected chi connectivity index (χ2v) is 5.92. The molecule has 0 saturated carbocycles. The average Bonchev–Trinajstić information content (AvgIpc) is 2.46. The molecule has 2 heteroatoms. The summed E-state index contributed by atoms with van der Waals surface area (Å²) in [5, 5.41) is 3.66. The van der Waals surface area contributed by atoms with Crippen LogP contribution in [-0.4, -0.2) is 24.0 Å². The van der Waals surface area contributed by atoms with Crippen molar-refractivity contribution in [2.45, 2.75) is 60.2 Å². The molecular weight excluding hydrogens is 244 g/mol. The highest BCUT2D eigenvalue weighted by atomic mass is 15.1. The van der Waals surface area contributed by atoms with E-state index in [1.807, 2.05) is 0 Å². The molecule has 114 valence electrons.